The molecule has 1 saturated heterocycles. The molecule has 1 aromatic carbocycles. The summed E-state index contributed by atoms with van der Waals surface area (Å²) in [6.07, 6.45) is 0.864. The number of alkyl halides is 1. The van der Waals surface area contributed by atoms with Gasteiger partial charge in [-0.25, -0.2) is 4.79 Å². The lowest BCUT2D eigenvalue weighted by atomic mass is 10.2. The van der Waals surface area contributed by atoms with Gasteiger partial charge in [0, 0.05) is 18.4 Å². The Hall–Kier alpha value is -1.03. The summed E-state index contributed by atoms with van der Waals surface area (Å²) >= 11 is 3.45. The summed E-state index contributed by atoms with van der Waals surface area (Å²) in [5, 5.41) is 0.954. The molecule has 0 spiro atoms. The van der Waals surface area contributed by atoms with Crippen LogP contribution in [-0.2, 0) is 11.3 Å². The largest absolute Gasteiger partial charge is 0.445 e. The summed E-state index contributed by atoms with van der Waals surface area (Å²) in [7, 11) is 0. The van der Waals surface area contributed by atoms with E-state index < -0.39 is 0 Å². The van der Waals surface area contributed by atoms with E-state index in [0.717, 1.165) is 30.4 Å². The van der Waals surface area contributed by atoms with E-state index in [1.54, 1.807) is 4.90 Å². The van der Waals surface area contributed by atoms with Gasteiger partial charge < -0.3 is 9.64 Å². The molecular weight excluding hydrogens is 282 g/mol. The van der Waals surface area contributed by atoms with Crippen molar-refractivity contribution in [2.24, 2.45) is 5.92 Å². The van der Waals surface area contributed by atoms with E-state index >= 15 is 0 Å². The number of nitrogens with zero attached hydrogens (tertiary/aromatic N) is 1. The molecule has 1 fully saturated rings. The Kier molecular flexibility index (Phi) is 4.42. The van der Waals surface area contributed by atoms with Gasteiger partial charge in [-0.05, 0) is 17.9 Å². The fourth-order valence-corrected chi connectivity index (χ4v) is 2.46. The van der Waals surface area contributed by atoms with E-state index in [0.29, 0.717) is 12.5 Å². The molecule has 3 nitrogen and oxygen atoms in total. The maximum Gasteiger partial charge on any atom is 0.410 e. The number of amides is 1. The van der Waals surface area contributed by atoms with Crippen LogP contribution in [0.25, 0.3) is 0 Å². The van der Waals surface area contributed by atoms with Gasteiger partial charge in [0.15, 0.2) is 0 Å². The first kappa shape index (κ1) is 12.4. The smallest absolute Gasteiger partial charge is 0.410 e. The predicted molar refractivity (Wildman–Crippen MR) is 70.1 cm³/mol. The van der Waals surface area contributed by atoms with Crippen molar-refractivity contribution < 1.29 is 9.53 Å². The quantitative estimate of drug-likeness (QED) is 0.803. The molecule has 0 bridgehead atoms. The van der Waals surface area contributed by atoms with E-state index in [-0.39, 0.29) is 6.09 Å². The highest BCUT2D eigenvalue weighted by molar-refractivity contribution is 9.09. The van der Waals surface area contributed by atoms with Crippen molar-refractivity contribution in [3.8, 4) is 0 Å². The maximum absolute atomic E-state index is 11.8. The molecule has 1 aliphatic heterocycles. The summed E-state index contributed by atoms with van der Waals surface area (Å²) in [5.41, 5.74) is 1.03. The van der Waals surface area contributed by atoms with E-state index in [2.05, 4.69) is 15.9 Å². The zero-order chi connectivity index (χ0) is 12.1. The minimum atomic E-state index is -0.197. The van der Waals surface area contributed by atoms with Gasteiger partial charge in [0.1, 0.15) is 6.61 Å². The molecule has 0 aromatic heterocycles. The van der Waals surface area contributed by atoms with E-state index in [1.807, 2.05) is 30.3 Å². The van der Waals surface area contributed by atoms with Crippen LogP contribution in [-0.4, -0.2) is 29.4 Å². The Labute approximate surface area is 110 Å². The van der Waals surface area contributed by atoms with Crippen LogP contribution in [0.5, 0.6) is 0 Å². The molecule has 17 heavy (non-hydrogen) atoms. The molecular formula is C13H16BrNO2. The molecule has 4 heteroatoms. The zero-order valence-electron chi connectivity index (χ0n) is 9.64. The molecule has 2 rings (SSSR count). The molecule has 1 aromatic rings. The molecule has 0 unspecified atom stereocenters. The number of carbonyl (C=O) groups excluding carboxylic acids is 1. The third-order valence-electron chi connectivity index (χ3n) is 2.97. The number of likely N-dealkylation sites (tertiary alicyclic amines) is 1. The topological polar surface area (TPSA) is 29.5 Å². The third kappa shape index (κ3) is 3.46. The number of ether oxygens (including phenoxy) is 1. The first-order valence-electron chi connectivity index (χ1n) is 5.81. The van der Waals surface area contributed by atoms with Crippen molar-refractivity contribution in [2.45, 2.75) is 13.0 Å². The lowest BCUT2D eigenvalue weighted by molar-refractivity contribution is 0.103. The monoisotopic (exact) mass is 297 g/mol. The van der Waals surface area contributed by atoms with Crippen LogP contribution in [0.4, 0.5) is 4.79 Å². The average Bonchev–Trinajstić information content (AvgIpc) is 2.86. The summed E-state index contributed by atoms with van der Waals surface area (Å²) in [6.45, 7) is 1.97. The number of benzene rings is 1. The predicted octanol–water partition coefficient (Wildman–Crippen LogP) is 3.04. The molecule has 1 amide bonds. The average molecular weight is 298 g/mol. The third-order valence-corrected chi connectivity index (χ3v) is 3.88. The van der Waals surface area contributed by atoms with Crippen molar-refractivity contribution in [2.75, 3.05) is 18.4 Å². The second-order valence-electron chi connectivity index (χ2n) is 4.30. The Morgan fingerprint density at radius 2 is 2.18 bits per heavy atom. The summed E-state index contributed by atoms with van der Waals surface area (Å²) in [5.74, 6) is 0.569. The first-order valence-corrected chi connectivity index (χ1v) is 6.93. The number of carbonyl (C=O) groups is 1. The second kappa shape index (κ2) is 6.05. The molecule has 0 saturated carbocycles. The molecule has 0 radical (unpaired) electrons. The van der Waals surface area contributed by atoms with E-state index in [4.69, 9.17) is 4.74 Å². The van der Waals surface area contributed by atoms with Crippen LogP contribution < -0.4 is 0 Å². The van der Waals surface area contributed by atoms with Crippen LogP contribution in [0.2, 0.25) is 0 Å². The highest BCUT2D eigenvalue weighted by Gasteiger charge is 2.26. The zero-order valence-corrected chi connectivity index (χ0v) is 11.2. The maximum atomic E-state index is 11.8. The molecule has 1 atom stereocenters. The number of hydrogen-bond donors (Lipinski definition) is 0. The highest BCUT2D eigenvalue weighted by Crippen LogP contribution is 2.19. The molecule has 0 N–H and O–H groups in total. The lowest BCUT2D eigenvalue weighted by Gasteiger charge is -2.15. The van der Waals surface area contributed by atoms with Crippen molar-refractivity contribution >= 4 is 22.0 Å². The molecule has 1 heterocycles. The first-order chi connectivity index (χ1) is 8.29. The van der Waals surface area contributed by atoms with Crippen LogP contribution in [0.1, 0.15) is 12.0 Å². The summed E-state index contributed by atoms with van der Waals surface area (Å²) in [6, 6.07) is 9.75. The number of rotatable bonds is 3. The standard InChI is InChI=1S/C13H16BrNO2/c14-8-12-6-7-15(9-12)13(16)17-10-11-4-2-1-3-5-11/h1-5,12H,6-10H2/t12-/m1/s1. The van der Waals surface area contributed by atoms with Crippen molar-refractivity contribution in [3.63, 3.8) is 0 Å². The van der Waals surface area contributed by atoms with Gasteiger partial charge >= 0.3 is 6.09 Å². The van der Waals surface area contributed by atoms with Crippen LogP contribution in [0, 0.1) is 5.92 Å². The van der Waals surface area contributed by atoms with Gasteiger partial charge in [0.25, 0.3) is 0 Å². The van der Waals surface area contributed by atoms with Crippen molar-refractivity contribution in [1.29, 1.82) is 0 Å². The Morgan fingerprint density at radius 1 is 1.41 bits per heavy atom. The van der Waals surface area contributed by atoms with Crippen molar-refractivity contribution in [3.05, 3.63) is 35.9 Å². The minimum Gasteiger partial charge on any atom is -0.445 e. The number of halogens is 1. The molecule has 92 valence electrons. The molecule has 1 aliphatic rings. The van der Waals surface area contributed by atoms with Crippen LogP contribution in [0.15, 0.2) is 30.3 Å². The Balaban J connectivity index is 1.78. The highest BCUT2D eigenvalue weighted by atomic mass is 79.9. The van der Waals surface area contributed by atoms with E-state index in [9.17, 15) is 4.79 Å². The Morgan fingerprint density at radius 3 is 2.82 bits per heavy atom. The van der Waals surface area contributed by atoms with Gasteiger partial charge in [0.2, 0.25) is 0 Å². The molecule has 0 aliphatic carbocycles. The Bertz CT molecular complexity index is 369. The van der Waals surface area contributed by atoms with Gasteiger partial charge in [-0.1, -0.05) is 46.3 Å². The van der Waals surface area contributed by atoms with Gasteiger partial charge in [-0.2, -0.15) is 0 Å². The lowest BCUT2D eigenvalue weighted by Crippen LogP contribution is -2.29. The minimum absolute atomic E-state index is 0.197. The van der Waals surface area contributed by atoms with Crippen molar-refractivity contribution in [1.82, 2.24) is 4.90 Å². The summed E-state index contributed by atoms with van der Waals surface area (Å²) in [4.78, 5) is 13.6. The van der Waals surface area contributed by atoms with Gasteiger partial charge in [-0.3, -0.25) is 0 Å². The van der Waals surface area contributed by atoms with Crippen LogP contribution in [0.3, 0.4) is 0 Å². The second-order valence-corrected chi connectivity index (χ2v) is 4.94. The fourth-order valence-electron chi connectivity index (χ4n) is 1.94. The van der Waals surface area contributed by atoms with Gasteiger partial charge in [0.05, 0.1) is 0 Å². The number of hydrogen-bond acceptors (Lipinski definition) is 2. The van der Waals surface area contributed by atoms with Crippen LogP contribution >= 0.6 is 15.9 Å². The van der Waals surface area contributed by atoms with Gasteiger partial charge in [-0.15, -0.1) is 0 Å². The fraction of sp³-hybridized carbons (Fsp3) is 0.462. The SMILES string of the molecule is O=C(OCc1ccccc1)N1CC[C@H](CBr)C1. The summed E-state index contributed by atoms with van der Waals surface area (Å²) < 4.78 is 5.28. The normalized spacial score (nSPS) is 19.4. The van der Waals surface area contributed by atoms with E-state index in [1.165, 1.54) is 0 Å².